The number of carbonyl (C=O) groups excluding carboxylic acids is 2. The summed E-state index contributed by atoms with van der Waals surface area (Å²) in [5, 5.41) is 4.23. The molecule has 1 aliphatic heterocycles. The summed E-state index contributed by atoms with van der Waals surface area (Å²) in [6.45, 7) is 25.3. The summed E-state index contributed by atoms with van der Waals surface area (Å²) in [6, 6.07) is 9.01. The van der Waals surface area contributed by atoms with Crippen LogP contribution in [0.3, 0.4) is 0 Å². The van der Waals surface area contributed by atoms with Gasteiger partial charge in [0.1, 0.15) is 12.0 Å². The molecule has 5 fully saturated rings. The Morgan fingerprint density at radius 2 is 1.59 bits per heavy atom. The monoisotopic (exact) mass is 857 g/mol. The Morgan fingerprint density at radius 3 is 2.26 bits per heavy atom. The van der Waals surface area contributed by atoms with Crippen molar-refractivity contribution >= 4 is 21.8 Å². The molecule has 0 unspecified atom stereocenters. The molecule has 8 nitrogen and oxygen atoms in total. The molecule has 0 amide bonds. The molecule has 1 heterocycles. The molecule has 9 heteroatoms. The van der Waals surface area contributed by atoms with Crippen molar-refractivity contribution < 1.29 is 27.5 Å². The largest absolute Gasteiger partial charge is 0.465 e. The van der Waals surface area contributed by atoms with Crippen molar-refractivity contribution in [2.24, 2.45) is 56.7 Å². The second-order valence-corrected chi connectivity index (χ2v) is 24.5. The van der Waals surface area contributed by atoms with E-state index in [4.69, 9.17) is 9.47 Å². The normalized spacial score (nSPS) is 40.2. The number of carbonyl (C=O) groups is 2. The van der Waals surface area contributed by atoms with Crippen LogP contribution >= 0.6 is 0 Å². The highest BCUT2D eigenvalue weighted by atomic mass is 32.2. The smallest absolute Gasteiger partial charge is 0.338 e. The molecule has 61 heavy (non-hydrogen) atoms. The molecule has 336 valence electrons. The topological polar surface area (TPSA) is 102 Å². The SMILES string of the molecule is C=C(C)[C@@H]1CC[C@]2(NCCN3CCS(=O)(=O)CC3)CC[C@]3(C)[C@H](CC[C@@H]4[C@@]5(C)CC=C(C6=CC[C@](COC(=O)c7ccccc7)(C(=O)OCC)CC6)C(C)(C)[C@@H]5CC[C@]43C)[C@@H]12. The molecule has 8 rings (SSSR count). The predicted octanol–water partition coefficient (Wildman–Crippen LogP) is 9.77. The Balaban J connectivity index is 1.01. The Bertz CT molecular complexity index is 2030. The number of esters is 2. The molecule has 1 N–H and O–H groups in total. The van der Waals surface area contributed by atoms with Gasteiger partial charge in [0.05, 0.1) is 23.7 Å². The maximum absolute atomic E-state index is 13.6. The van der Waals surface area contributed by atoms with E-state index >= 15 is 0 Å². The number of hydrogen-bond acceptors (Lipinski definition) is 8. The average Bonchev–Trinajstić information content (AvgIpc) is 3.61. The molecule has 0 radical (unpaired) electrons. The van der Waals surface area contributed by atoms with Gasteiger partial charge in [-0.2, -0.15) is 0 Å². The van der Waals surface area contributed by atoms with E-state index in [1.807, 2.05) is 25.1 Å². The Hall–Kier alpha value is -2.75. The minimum atomic E-state index is -2.88. The molecular formula is C52H76N2O6S. The van der Waals surface area contributed by atoms with Crippen LogP contribution in [0.1, 0.15) is 136 Å². The maximum atomic E-state index is 13.6. The van der Waals surface area contributed by atoms with Gasteiger partial charge in [0.25, 0.3) is 0 Å². The minimum Gasteiger partial charge on any atom is -0.465 e. The summed E-state index contributed by atoms with van der Waals surface area (Å²) in [4.78, 5) is 28.9. The lowest BCUT2D eigenvalue weighted by Crippen LogP contribution is -2.68. The van der Waals surface area contributed by atoms with Crippen molar-refractivity contribution in [2.75, 3.05) is 50.9 Å². The van der Waals surface area contributed by atoms with Gasteiger partial charge >= 0.3 is 11.9 Å². The third kappa shape index (κ3) is 7.54. The highest BCUT2D eigenvalue weighted by molar-refractivity contribution is 7.91. The Kier molecular flexibility index (Phi) is 12.0. The van der Waals surface area contributed by atoms with Crippen LogP contribution in [-0.2, 0) is 24.1 Å². The van der Waals surface area contributed by atoms with Crippen molar-refractivity contribution in [3.8, 4) is 0 Å². The van der Waals surface area contributed by atoms with Crippen molar-refractivity contribution in [1.29, 1.82) is 0 Å². The first-order valence-electron chi connectivity index (χ1n) is 24.0. The van der Waals surface area contributed by atoms with Crippen molar-refractivity contribution in [1.82, 2.24) is 10.2 Å². The van der Waals surface area contributed by atoms with E-state index in [0.29, 0.717) is 67.7 Å². The van der Waals surface area contributed by atoms with Crippen molar-refractivity contribution in [2.45, 2.75) is 131 Å². The molecule has 1 aromatic rings. The second kappa shape index (κ2) is 16.4. The molecule has 0 bridgehead atoms. The van der Waals surface area contributed by atoms with Gasteiger partial charge in [-0.1, -0.05) is 77.1 Å². The highest BCUT2D eigenvalue weighted by Crippen LogP contribution is 2.76. The Labute approximate surface area is 368 Å². The first kappa shape index (κ1) is 44.8. The van der Waals surface area contributed by atoms with Crippen molar-refractivity contribution in [3.63, 3.8) is 0 Å². The van der Waals surface area contributed by atoms with Crippen LogP contribution in [0, 0.1) is 56.7 Å². The number of benzene rings is 1. The van der Waals surface area contributed by atoms with E-state index in [0.717, 1.165) is 25.9 Å². The van der Waals surface area contributed by atoms with Gasteiger partial charge in [-0.15, -0.1) is 0 Å². The Morgan fingerprint density at radius 1 is 0.852 bits per heavy atom. The summed E-state index contributed by atoms with van der Waals surface area (Å²) in [7, 11) is -2.88. The number of rotatable bonds is 11. The predicted molar refractivity (Wildman–Crippen MR) is 244 cm³/mol. The summed E-state index contributed by atoms with van der Waals surface area (Å²) in [5.41, 5.74) is 4.60. The molecule has 0 spiro atoms. The summed E-state index contributed by atoms with van der Waals surface area (Å²) < 4.78 is 35.7. The number of hydrogen-bond donors (Lipinski definition) is 1. The summed E-state index contributed by atoms with van der Waals surface area (Å²) in [6.07, 6.45) is 17.8. The van der Waals surface area contributed by atoms with Crippen LogP contribution in [0.5, 0.6) is 0 Å². The van der Waals surface area contributed by atoms with Gasteiger partial charge in [0.2, 0.25) is 0 Å². The lowest BCUT2D eigenvalue weighted by atomic mass is 9.33. The van der Waals surface area contributed by atoms with E-state index in [1.54, 1.807) is 12.1 Å². The lowest BCUT2D eigenvalue weighted by molar-refractivity contribution is -0.221. The fourth-order valence-corrected chi connectivity index (χ4v) is 17.0. The zero-order valence-electron chi connectivity index (χ0n) is 38.6. The van der Waals surface area contributed by atoms with Crippen LogP contribution in [0.25, 0.3) is 0 Å². The fourth-order valence-electron chi connectivity index (χ4n) is 15.7. The molecule has 4 saturated carbocycles. The van der Waals surface area contributed by atoms with Gasteiger partial charge in [0.15, 0.2) is 9.84 Å². The molecule has 1 aromatic carbocycles. The molecule has 7 aliphatic rings. The van der Waals surface area contributed by atoms with E-state index in [1.165, 1.54) is 68.1 Å². The zero-order chi connectivity index (χ0) is 43.6. The molecule has 0 aromatic heterocycles. The first-order valence-corrected chi connectivity index (χ1v) is 25.8. The van der Waals surface area contributed by atoms with E-state index in [9.17, 15) is 18.0 Å². The molecule has 1 saturated heterocycles. The molecular weight excluding hydrogens is 781 g/mol. The van der Waals surface area contributed by atoms with Gasteiger partial charge in [-0.25, -0.2) is 13.2 Å². The standard InChI is InChI=1S/C52H76N2O6S/c1-9-59-46(56)51(35-60-45(55)38-13-11-10-12-14-38)24-17-37(18-25-51)40-20-22-48(6)42(47(40,4)5)21-23-50(8)43(48)16-15-41-44-39(36(2)3)19-26-52(44,28-27-49(41,50)7)53-29-30-54-31-33-61(57,58)34-32-54/h10-14,17,20,39,41-44,53H,2,9,15-16,18-19,21-35H2,1,3-8H3/t39-,41+,42-,43+,44+,48-,49+,50+,51-,52-/m0/s1. The van der Waals surface area contributed by atoms with Crippen LogP contribution in [-0.4, -0.2) is 81.7 Å². The minimum absolute atomic E-state index is 0.0116. The zero-order valence-corrected chi connectivity index (χ0v) is 39.4. The van der Waals surface area contributed by atoms with Crippen LogP contribution in [0.4, 0.5) is 0 Å². The third-order valence-corrected chi connectivity index (χ3v) is 20.8. The fraction of sp³-hybridized carbons (Fsp3) is 0.731. The third-order valence-electron chi connectivity index (χ3n) is 19.1. The van der Waals surface area contributed by atoms with Crippen LogP contribution in [0.15, 0.2) is 65.8 Å². The van der Waals surface area contributed by atoms with Crippen LogP contribution < -0.4 is 5.32 Å². The van der Waals surface area contributed by atoms with E-state index in [2.05, 4.69) is 70.5 Å². The molecule has 6 aliphatic carbocycles. The average molecular weight is 857 g/mol. The highest BCUT2D eigenvalue weighted by Gasteiger charge is 2.70. The number of allylic oxidation sites excluding steroid dienone is 5. The van der Waals surface area contributed by atoms with Crippen LogP contribution in [0.2, 0.25) is 0 Å². The number of fused-ring (bicyclic) bond motifs is 7. The van der Waals surface area contributed by atoms with Gasteiger partial charge in [-0.3, -0.25) is 4.79 Å². The van der Waals surface area contributed by atoms with E-state index in [-0.39, 0.29) is 51.3 Å². The molecule has 10 atom stereocenters. The van der Waals surface area contributed by atoms with E-state index < -0.39 is 21.2 Å². The van der Waals surface area contributed by atoms with Crippen molar-refractivity contribution in [3.05, 3.63) is 71.3 Å². The number of nitrogens with zero attached hydrogens (tertiary/aromatic N) is 1. The first-order chi connectivity index (χ1) is 28.8. The lowest BCUT2D eigenvalue weighted by Gasteiger charge is -2.72. The number of nitrogens with one attached hydrogen (secondary N) is 1. The summed E-state index contributed by atoms with van der Waals surface area (Å²) in [5.74, 6) is 2.90. The van der Waals surface area contributed by atoms with Gasteiger partial charge in [0, 0.05) is 31.7 Å². The summed E-state index contributed by atoms with van der Waals surface area (Å²) >= 11 is 0. The number of sulfone groups is 1. The van der Waals surface area contributed by atoms with Gasteiger partial charge < -0.3 is 19.7 Å². The second-order valence-electron chi connectivity index (χ2n) is 22.2. The number of ether oxygens (including phenoxy) is 2. The van der Waals surface area contributed by atoms with Gasteiger partial charge in [-0.05, 0) is 165 Å². The quantitative estimate of drug-likeness (QED) is 0.174. The maximum Gasteiger partial charge on any atom is 0.338 e.